The average Bonchev–Trinajstić information content (AvgIpc) is 1.97. The Morgan fingerprint density at radius 3 is 2.42 bits per heavy atom. The molecule has 0 aliphatic carbocycles. The molecular formula is C7H13NO4. The fourth-order valence-electron chi connectivity index (χ4n) is 0.794. The van der Waals surface area contributed by atoms with Crippen LogP contribution in [0.3, 0.4) is 0 Å². The van der Waals surface area contributed by atoms with Gasteiger partial charge in [-0.1, -0.05) is 0 Å². The van der Waals surface area contributed by atoms with E-state index in [2.05, 4.69) is 5.32 Å². The minimum Gasteiger partial charge on any atom is -0.481 e. The minimum absolute atomic E-state index is 0.0501. The monoisotopic (exact) mass is 175 g/mol. The third-order valence-electron chi connectivity index (χ3n) is 1.33. The lowest BCUT2D eigenvalue weighted by Gasteiger charge is -2.12. The normalized spacial score (nSPS) is 12.2. The van der Waals surface area contributed by atoms with Crippen LogP contribution in [0.1, 0.15) is 19.8 Å². The van der Waals surface area contributed by atoms with Crippen molar-refractivity contribution in [3.63, 3.8) is 0 Å². The molecule has 5 nitrogen and oxygen atoms in total. The zero-order valence-electron chi connectivity index (χ0n) is 6.91. The maximum Gasteiger partial charge on any atom is 0.303 e. The number of aliphatic hydroxyl groups excluding tert-OH is 1. The van der Waals surface area contributed by atoms with Gasteiger partial charge in [-0.2, -0.15) is 0 Å². The molecule has 0 heterocycles. The van der Waals surface area contributed by atoms with Crippen LogP contribution in [0, 0.1) is 0 Å². The number of rotatable bonds is 5. The van der Waals surface area contributed by atoms with E-state index in [9.17, 15) is 9.59 Å². The van der Waals surface area contributed by atoms with Crippen LogP contribution < -0.4 is 5.32 Å². The molecule has 0 bridgehead atoms. The summed E-state index contributed by atoms with van der Waals surface area (Å²) in [6.07, 6.45) is 0.205. The molecule has 0 saturated heterocycles. The second-order valence-electron chi connectivity index (χ2n) is 2.51. The zero-order valence-corrected chi connectivity index (χ0v) is 6.91. The Kier molecular flexibility index (Phi) is 5.03. The molecule has 0 aromatic heterocycles. The minimum atomic E-state index is -0.932. The first kappa shape index (κ1) is 10.9. The molecular weight excluding hydrogens is 162 g/mol. The number of aliphatic hydroxyl groups is 1. The highest BCUT2D eigenvalue weighted by molar-refractivity contribution is 5.73. The van der Waals surface area contributed by atoms with Crippen molar-refractivity contribution in [1.29, 1.82) is 0 Å². The van der Waals surface area contributed by atoms with E-state index < -0.39 is 12.0 Å². The van der Waals surface area contributed by atoms with Crippen molar-refractivity contribution in [2.24, 2.45) is 0 Å². The predicted octanol–water partition coefficient (Wildman–Crippen LogP) is -0.652. The molecule has 12 heavy (non-hydrogen) atoms. The van der Waals surface area contributed by atoms with Crippen molar-refractivity contribution in [2.45, 2.75) is 25.8 Å². The second-order valence-corrected chi connectivity index (χ2v) is 2.51. The first-order valence-corrected chi connectivity index (χ1v) is 3.66. The van der Waals surface area contributed by atoms with Crippen LogP contribution in [0.4, 0.5) is 0 Å². The molecule has 1 unspecified atom stereocenters. The number of carbonyl (C=O) groups excluding carboxylic acids is 1. The first-order valence-electron chi connectivity index (χ1n) is 3.66. The molecule has 1 amide bonds. The standard InChI is InChI=1S/C7H13NO4/c1-5(10)8-6(4-9)2-3-7(11)12/h6,9H,2-4H2,1H3,(H,8,10)(H,11,12). The summed E-state index contributed by atoms with van der Waals surface area (Å²) in [6.45, 7) is 1.09. The topological polar surface area (TPSA) is 86.6 Å². The van der Waals surface area contributed by atoms with E-state index in [0.717, 1.165) is 0 Å². The maximum absolute atomic E-state index is 10.5. The summed E-state index contributed by atoms with van der Waals surface area (Å²) in [4.78, 5) is 20.6. The van der Waals surface area contributed by atoms with Crippen molar-refractivity contribution in [1.82, 2.24) is 5.32 Å². The first-order chi connectivity index (χ1) is 5.56. The quantitative estimate of drug-likeness (QED) is 0.518. The number of aliphatic carboxylic acids is 1. The number of hydrogen-bond donors (Lipinski definition) is 3. The molecule has 0 rings (SSSR count). The van der Waals surface area contributed by atoms with Gasteiger partial charge in [-0.05, 0) is 6.42 Å². The van der Waals surface area contributed by atoms with Gasteiger partial charge in [-0.25, -0.2) is 0 Å². The Bertz CT molecular complexity index is 169. The van der Waals surface area contributed by atoms with Crippen LogP contribution >= 0.6 is 0 Å². The van der Waals surface area contributed by atoms with Crippen molar-refractivity contribution < 1.29 is 19.8 Å². The van der Waals surface area contributed by atoms with E-state index in [-0.39, 0.29) is 25.4 Å². The number of carboxylic acid groups (broad SMARTS) is 1. The lowest BCUT2D eigenvalue weighted by Crippen LogP contribution is -2.36. The number of amides is 1. The molecule has 3 N–H and O–H groups in total. The smallest absolute Gasteiger partial charge is 0.303 e. The van der Waals surface area contributed by atoms with E-state index in [1.54, 1.807) is 0 Å². The van der Waals surface area contributed by atoms with Gasteiger partial charge < -0.3 is 15.5 Å². The van der Waals surface area contributed by atoms with Crippen LogP contribution in [0.25, 0.3) is 0 Å². The maximum atomic E-state index is 10.5. The van der Waals surface area contributed by atoms with Crippen LogP contribution in [-0.4, -0.2) is 34.7 Å². The predicted molar refractivity (Wildman–Crippen MR) is 41.6 cm³/mol. The van der Waals surface area contributed by atoms with Gasteiger partial charge in [-0.3, -0.25) is 9.59 Å². The number of carboxylic acids is 1. The van der Waals surface area contributed by atoms with Crippen molar-refractivity contribution in [2.75, 3.05) is 6.61 Å². The van der Waals surface area contributed by atoms with Crippen molar-refractivity contribution in [3.8, 4) is 0 Å². The third kappa shape index (κ3) is 5.67. The number of carbonyl (C=O) groups is 2. The number of nitrogens with one attached hydrogen (secondary N) is 1. The Morgan fingerprint density at radius 2 is 2.08 bits per heavy atom. The molecule has 70 valence electrons. The zero-order chi connectivity index (χ0) is 9.56. The molecule has 5 heteroatoms. The van der Waals surface area contributed by atoms with Gasteiger partial charge in [0, 0.05) is 13.3 Å². The highest BCUT2D eigenvalue weighted by atomic mass is 16.4. The van der Waals surface area contributed by atoms with E-state index in [1.807, 2.05) is 0 Å². The summed E-state index contributed by atoms with van der Waals surface area (Å²) in [7, 11) is 0. The Morgan fingerprint density at radius 1 is 1.50 bits per heavy atom. The highest BCUT2D eigenvalue weighted by Gasteiger charge is 2.09. The number of hydrogen-bond acceptors (Lipinski definition) is 3. The fraction of sp³-hybridized carbons (Fsp3) is 0.714. The molecule has 0 aromatic rings. The molecule has 0 aliphatic heterocycles. The summed E-state index contributed by atoms with van der Waals surface area (Å²) in [5.74, 6) is -1.20. The molecule has 0 aromatic carbocycles. The summed E-state index contributed by atoms with van der Waals surface area (Å²) in [5.41, 5.74) is 0. The van der Waals surface area contributed by atoms with Crippen molar-refractivity contribution >= 4 is 11.9 Å². The van der Waals surface area contributed by atoms with E-state index >= 15 is 0 Å². The summed E-state index contributed by atoms with van der Waals surface area (Å²) >= 11 is 0. The van der Waals surface area contributed by atoms with Gasteiger partial charge in [0.2, 0.25) is 5.91 Å². The Labute approximate surface area is 70.4 Å². The Balaban J connectivity index is 3.67. The SMILES string of the molecule is CC(=O)NC(CO)CCC(=O)O. The molecule has 0 spiro atoms. The van der Waals surface area contributed by atoms with E-state index in [0.29, 0.717) is 0 Å². The summed E-state index contributed by atoms with van der Waals surface area (Å²) in [5, 5.41) is 19.4. The van der Waals surface area contributed by atoms with Gasteiger partial charge in [0.05, 0.1) is 12.6 Å². The average molecular weight is 175 g/mol. The van der Waals surface area contributed by atoms with Gasteiger partial charge in [0.15, 0.2) is 0 Å². The lowest BCUT2D eigenvalue weighted by atomic mass is 10.1. The van der Waals surface area contributed by atoms with Gasteiger partial charge in [-0.15, -0.1) is 0 Å². The molecule has 1 atom stereocenters. The van der Waals surface area contributed by atoms with Crippen LogP contribution in [-0.2, 0) is 9.59 Å². The van der Waals surface area contributed by atoms with Crippen LogP contribution in [0.15, 0.2) is 0 Å². The fourth-order valence-corrected chi connectivity index (χ4v) is 0.794. The molecule has 0 saturated carbocycles. The largest absolute Gasteiger partial charge is 0.481 e. The van der Waals surface area contributed by atoms with Crippen LogP contribution in [0.5, 0.6) is 0 Å². The third-order valence-corrected chi connectivity index (χ3v) is 1.33. The van der Waals surface area contributed by atoms with E-state index in [1.165, 1.54) is 6.92 Å². The molecule has 0 aliphatic rings. The van der Waals surface area contributed by atoms with Gasteiger partial charge in [0.25, 0.3) is 0 Å². The van der Waals surface area contributed by atoms with E-state index in [4.69, 9.17) is 10.2 Å². The van der Waals surface area contributed by atoms with Gasteiger partial charge >= 0.3 is 5.97 Å². The van der Waals surface area contributed by atoms with Gasteiger partial charge in [0.1, 0.15) is 0 Å². The molecule has 0 radical (unpaired) electrons. The summed E-state index contributed by atoms with van der Waals surface area (Å²) in [6, 6.07) is -0.446. The lowest BCUT2D eigenvalue weighted by molar-refractivity contribution is -0.137. The highest BCUT2D eigenvalue weighted by Crippen LogP contribution is 1.96. The molecule has 0 fully saturated rings. The Hall–Kier alpha value is -1.10. The van der Waals surface area contributed by atoms with Crippen molar-refractivity contribution in [3.05, 3.63) is 0 Å². The van der Waals surface area contributed by atoms with Crippen LogP contribution in [0.2, 0.25) is 0 Å². The summed E-state index contributed by atoms with van der Waals surface area (Å²) < 4.78 is 0. The second kappa shape index (κ2) is 5.54.